The summed E-state index contributed by atoms with van der Waals surface area (Å²) in [6.07, 6.45) is -2.83. The Hall–Kier alpha value is -1.52. The molecular formula is C11H11F3N2. The number of hydrogen-bond donors (Lipinski definition) is 0. The molecule has 0 aromatic carbocycles. The van der Waals surface area contributed by atoms with Crippen molar-refractivity contribution in [1.82, 2.24) is 9.61 Å². The Morgan fingerprint density at radius 1 is 1.25 bits per heavy atom. The number of alkyl halides is 3. The Labute approximate surface area is 90.7 Å². The highest BCUT2D eigenvalue weighted by molar-refractivity contribution is 5.58. The predicted molar refractivity (Wildman–Crippen MR) is 54.3 cm³/mol. The van der Waals surface area contributed by atoms with Crippen LogP contribution in [0.25, 0.3) is 5.52 Å². The first kappa shape index (κ1) is 11.0. The number of aromatic nitrogens is 2. The lowest BCUT2D eigenvalue weighted by molar-refractivity contribution is -0.137. The van der Waals surface area contributed by atoms with Crippen molar-refractivity contribution in [2.45, 2.75) is 25.9 Å². The van der Waals surface area contributed by atoms with Crippen LogP contribution in [0.2, 0.25) is 0 Å². The monoisotopic (exact) mass is 228 g/mol. The van der Waals surface area contributed by atoms with Gasteiger partial charge in [0.15, 0.2) is 0 Å². The minimum Gasteiger partial charge on any atom is -0.240 e. The summed E-state index contributed by atoms with van der Waals surface area (Å²) in [4.78, 5) is 0. The minimum atomic E-state index is -4.36. The highest BCUT2D eigenvalue weighted by atomic mass is 19.4. The zero-order valence-corrected chi connectivity index (χ0v) is 8.92. The number of hydrogen-bond acceptors (Lipinski definition) is 1. The number of rotatable bonds is 1. The van der Waals surface area contributed by atoms with Gasteiger partial charge in [0.2, 0.25) is 0 Å². The van der Waals surface area contributed by atoms with Crippen molar-refractivity contribution < 1.29 is 13.2 Å². The lowest BCUT2D eigenvalue weighted by Crippen LogP contribution is -2.08. The summed E-state index contributed by atoms with van der Waals surface area (Å²) in [5.74, 6) is -0.253. The molecule has 0 spiro atoms. The zero-order chi connectivity index (χ0) is 11.9. The molecule has 0 atom stereocenters. The maximum atomic E-state index is 12.9. The molecule has 16 heavy (non-hydrogen) atoms. The summed E-state index contributed by atoms with van der Waals surface area (Å²) in [5, 5.41) is 3.98. The van der Waals surface area contributed by atoms with E-state index in [4.69, 9.17) is 0 Å². The van der Waals surface area contributed by atoms with Gasteiger partial charge in [-0.05, 0) is 18.1 Å². The van der Waals surface area contributed by atoms with Crippen LogP contribution in [0.1, 0.15) is 31.0 Å². The molecule has 0 fully saturated rings. The lowest BCUT2D eigenvalue weighted by Gasteiger charge is -2.08. The van der Waals surface area contributed by atoms with Gasteiger partial charge in [0.25, 0.3) is 0 Å². The van der Waals surface area contributed by atoms with Crippen LogP contribution in [-0.4, -0.2) is 9.61 Å². The van der Waals surface area contributed by atoms with E-state index in [1.165, 1.54) is 16.8 Å². The van der Waals surface area contributed by atoms with Gasteiger partial charge < -0.3 is 0 Å². The van der Waals surface area contributed by atoms with Gasteiger partial charge in [-0.15, -0.1) is 0 Å². The van der Waals surface area contributed by atoms with E-state index < -0.39 is 11.7 Å². The van der Waals surface area contributed by atoms with Crippen molar-refractivity contribution in [3.63, 3.8) is 0 Å². The molecule has 5 heteroatoms. The Balaban J connectivity index is 2.80. The topological polar surface area (TPSA) is 17.3 Å². The molecule has 0 aliphatic heterocycles. The van der Waals surface area contributed by atoms with Crippen molar-refractivity contribution in [3.8, 4) is 0 Å². The van der Waals surface area contributed by atoms with Gasteiger partial charge in [-0.1, -0.05) is 19.9 Å². The first-order valence-corrected chi connectivity index (χ1v) is 4.95. The molecule has 0 amide bonds. The molecule has 0 saturated carbocycles. The van der Waals surface area contributed by atoms with Crippen molar-refractivity contribution in [1.29, 1.82) is 0 Å². The van der Waals surface area contributed by atoms with Crippen LogP contribution in [0.15, 0.2) is 24.4 Å². The van der Waals surface area contributed by atoms with E-state index in [1.807, 2.05) is 0 Å². The molecule has 2 rings (SSSR count). The van der Waals surface area contributed by atoms with Crippen LogP contribution < -0.4 is 0 Å². The maximum absolute atomic E-state index is 12.9. The molecule has 0 aliphatic rings. The summed E-state index contributed by atoms with van der Waals surface area (Å²) in [6, 6.07) is 4.67. The van der Waals surface area contributed by atoms with E-state index in [2.05, 4.69) is 5.10 Å². The Morgan fingerprint density at radius 3 is 2.50 bits per heavy atom. The van der Waals surface area contributed by atoms with E-state index in [0.29, 0.717) is 0 Å². The van der Waals surface area contributed by atoms with Crippen LogP contribution in [0.5, 0.6) is 0 Å². The largest absolute Gasteiger partial charge is 0.420 e. The fraction of sp³-hybridized carbons (Fsp3) is 0.364. The molecule has 2 nitrogen and oxygen atoms in total. The summed E-state index contributed by atoms with van der Waals surface area (Å²) in [7, 11) is 0. The molecular weight excluding hydrogens is 217 g/mol. The second kappa shape index (κ2) is 3.50. The number of halogens is 3. The minimum absolute atomic E-state index is 0.0960. The van der Waals surface area contributed by atoms with Crippen molar-refractivity contribution in [2.24, 2.45) is 0 Å². The Kier molecular flexibility index (Phi) is 2.40. The maximum Gasteiger partial charge on any atom is 0.420 e. The van der Waals surface area contributed by atoms with Gasteiger partial charge in [0, 0.05) is 6.20 Å². The van der Waals surface area contributed by atoms with Crippen LogP contribution in [-0.2, 0) is 6.18 Å². The highest BCUT2D eigenvalue weighted by Crippen LogP contribution is 2.37. The average Bonchev–Trinajstić information content (AvgIpc) is 2.55. The van der Waals surface area contributed by atoms with Crippen LogP contribution in [0.4, 0.5) is 13.2 Å². The number of nitrogens with zero attached hydrogens (tertiary/aromatic N) is 2. The SMILES string of the molecule is CC(C)c1nn2ccccc2c1C(F)(F)F. The number of pyridine rings is 1. The molecule has 0 unspecified atom stereocenters. The first-order chi connectivity index (χ1) is 7.41. The van der Waals surface area contributed by atoms with Gasteiger partial charge in [0.05, 0.1) is 11.2 Å². The van der Waals surface area contributed by atoms with E-state index in [1.54, 1.807) is 26.0 Å². The molecule has 86 valence electrons. The molecule has 0 bridgehead atoms. The van der Waals surface area contributed by atoms with Crippen LogP contribution in [0.3, 0.4) is 0 Å². The second-order valence-corrected chi connectivity index (χ2v) is 3.94. The molecule has 0 N–H and O–H groups in total. The molecule has 0 radical (unpaired) electrons. The van der Waals surface area contributed by atoms with Crippen molar-refractivity contribution >= 4 is 5.52 Å². The molecule has 2 aromatic heterocycles. The number of fused-ring (bicyclic) bond motifs is 1. The van der Waals surface area contributed by atoms with E-state index >= 15 is 0 Å². The van der Waals surface area contributed by atoms with Gasteiger partial charge in [-0.2, -0.15) is 18.3 Å². The molecule has 2 aromatic rings. The summed E-state index contributed by atoms with van der Waals surface area (Å²) < 4.78 is 40.0. The third-order valence-electron chi connectivity index (χ3n) is 2.40. The van der Waals surface area contributed by atoms with E-state index in [9.17, 15) is 13.2 Å². The summed E-state index contributed by atoms with van der Waals surface area (Å²) >= 11 is 0. The predicted octanol–water partition coefficient (Wildman–Crippen LogP) is 3.48. The zero-order valence-electron chi connectivity index (χ0n) is 8.92. The van der Waals surface area contributed by atoms with E-state index in [0.717, 1.165) is 0 Å². The first-order valence-electron chi connectivity index (χ1n) is 4.95. The smallest absolute Gasteiger partial charge is 0.240 e. The second-order valence-electron chi connectivity index (χ2n) is 3.94. The van der Waals surface area contributed by atoms with Crippen LogP contribution >= 0.6 is 0 Å². The van der Waals surface area contributed by atoms with Gasteiger partial charge in [-0.3, -0.25) is 0 Å². The average molecular weight is 228 g/mol. The normalized spacial score (nSPS) is 12.6. The fourth-order valence-corrected chi connectivity index (χ4v) is 1.71. The Morgan fingerprint density at radius 2 is 1.94 bits per heavy atom. The standard InChI is InChI=1S/C11H11F3N2/c1-7(2)10-9(11(12,13)14)8-5-3-4-6-16(8)15-10/h3-7H,1-2H3. The quantitative estimate of drug-likeness (QED) is 0.730. The molecule has 2 heterocycles. The molecule has 0 aliphatic carbocycles. The van der Waals surface area contributed by atoms with Gasteiger partial charge in [-0.25, -0.2) is 4.52 Å². The summed E-state index contributed by atoms with van der Waals surface area (Å²) in [5.41, 5.74) is -0.416. The van der Waals surface area contributed by atoms with E-state index in [-0.39, 0.29) is 17.1 Å². The van der Waals surface area contributed by atoms with Crippen molar-refractivity contribution in [2.75, 3.05) is 0 Å². The summed E-state index contributed by atoms with van der Waals surface area (Å²) in [6.45, 7) is 3.41. The lowest BCUT2D eigenvalue weighted by atomic mass is 10.0. The van der Waals surface area contributed by atoms with Crippen LogP contribution in [0, 0.1) is 0 Å². The molecule has 0 saturated heterocycles. The van der Waals surface area contributed by atoms with Gasteiger partial charge in [0.1, 0.15) is 5.56 Å². The van der Waals surface area contributed by atoms with Gasteiger partial charge >= 0.3 is 6.18 Å². The third-order valence-corrected chi connectivity index (χ3v) is 2.40. The third kappa shape index (κ3) is 1.66. The fourth-order valence-electron chi connectivity index (χ4n) is 1.71. The Bertz CT molecular complexity index is 511. The van der Waals surface area contributed by atoms with Crippen molar-refractivity contribution in [3.05, 3.63) is 35.7 Å². The highest BCUT2D eigenvalue weighted by Gasteiger charge is 2.38.